The Hall–Kier alpha value is 0.721. The van der Waals surface area contributed by atoms with Crippen molar-refractivity contribution >= 4 is 13.1 Å². The maximum Gasteiger partial charge on any atom is 1.00 e. The third-order valence-electron chi connectivity index (χ3n) is 2.49. The summed E-state index contributed by atoms with van der Waals surface area (Å²) in [5, 5.41) is 0. The summed E-state index contributed by atoms with van der Waals surface area (Å²) in [6.45, 7) is 1.51. The fourth-order valence-corrected chi connectivity index (χ4v) is 1.73. The van der Waals surface area contributed by atoms with Crippen molar-refractivity contribution in [2.45, 2.75) is 26.4 Å². The normalized spacial score (nSPS) is 17.9. The van der Waals surface area contributed by atoms with Crippen LogP contribution in [-0.2, 0) is 4.74 Å². The minimum atomic E-state index is -4.80. The van der Waals surface area contributed by atoms with E-state index >= 15 is 0 Å². The standard InChI is InChI=1S/C10H19BF3N2O2.K/c1-10(2,3)18-9(17)16-6-4-15(5-7-16)8-11(12,13)14;/h4-8H2,1-3H3;/q-1;+1. The first kappa shape index (κ1) is 19.7. The molecule has 0 aromatic carbocycles. The van der Waals surface area contributed by atoms with Gasteiger partial charge in [-0.1, -0.05) is 0 Å². The third-order valence-corrected chi connectivity index (χ3v) is 2.49. The maximum absolute atomic E-state index is 12.2. The van der Waals surface area contributed by atoms with Crippen LogP contribution < -0.4 is 51.4 Å². The van der Waals surface area contributed by atoms with Crippen LogP contribution >= 0.6 is 0 Å². The van der Waals surface area contributed by atoms with Crippen LogP contribution in [0.3, 0.4) is 0 Å². The molecule has 0 radical (unpaired) electrons. The number of piperazine rings is 1. The van der Waals surface area contributed by atoms with Crippen molar-refractivity contribution in [1.82, 2.24) is 9.80 Å². The number of amides is 1. The second kappa shape index (κ2) is 7.65. The number of nitrogens with zero attached hydrogens (tertiary/aromatic N) is 2. The smallest absolute Gasteiger partial charge is 0.448 e. The summed E-state index contributed by atoms with van der Waals surface area (Å²) in [4.78, 5) is 14.4. The predicted octanol–water partition coefficient (Wildman–Crippen LogP) is -1.07. The molecule has 9 heteroatoms. The molecule has 1 aliphatic heterocycles. The van der Waals surface area contributed by atoms with Crippen LogP contribution in [0.1, 0.15) is 20.8 Å². The van der Waals surface area contributed by atoms with Gasteiger partial charge < -0.3 is 27.5 Å². The Balaban J connectivity index is 0.00000324. The van der Waals surface area contributed by atoms with Gasteiger partial charge in [0.15, 0.2) is 0 Å². The molecule has 1 fully saturated rings. The molecule has 0 N–H and O–H groups in total. The SMILES string of the molecule is CC(C)(C)OC(=O)N1CCN(C[B-](F)(F)F)CC1.[K+]. The van der Waals surface area contributed by atoms with Crippen molar-refractivity contribution in [1.29, 1.82) is 0 Å². The van der Waals surface area contributed by atoms with E-state index in [1.807, 2.05) is 0 Å². The second-order valence-electron chi connectivity index (χ2n) is 5.48. The molecule has 0 spiro atoms. The van der Waals surface area contributed by atoms with Crippen LogP contribution in [0.5, 0.6) is 0 Å². The average Bonchev–Trinajstić information content (AvgIpc) is 2.13. The minimum Gasteiger partial charge on any atom is -0.448 e. The molecule has 0 unspecified atom stereocenters. The van der Waals surface area contributed by atoms with Gasteiger partial charge in [0.1, 0.15) is 5.60 Å². The second-order valence-corrected chi connectivity index (χ2v) is 5.48. The Morgan fingerprint density at radius 1 is 1.16 bits per heavy atom. The summed E-state index contributed by atoms with van der Waals surface area (Å²) in [6.07, 6.45) is -1.32. The van der Waals surface area contributed by atoms with Gasteiger partial charge in [0.05, 0.1) is 0 Å². The van der Waals surface area contributed by atoms with Crippen LogP contribution in [0, 0.1) is 0 Å². The van der Waals surface area contributed by atoms with E-state index in [2.05, 4.69) is 0 Å². The molecule has 0 bridgehead atoms. The van der Waals surface area contributed by atoms with Gasteiger partial charge in [-0.3, -0.25) is 0 Å². The maximum atomic E-state index is 12.2. The average molecular weight is 306 g/mol. The zero-order valence-electron chi connectivity index (χ0n) is 12.0. The number of hydrogen-bond donors (Lipinski definition) is 0. The van der Waals surface area contributed by atoms with Crippen molar-refractivity contribution in [3.8, 4) is 0 Å². The van der Waals surface area contributed by atoms with Gasteiger partial charge in [0.25, 0.3) is 0 Å². The molecule has 0 saturated carbocycles. The van der Waals surface area contributed by atoms with E-state index in [1.54, 1.807) is 20.8 Å². The fraction of sp³-hybridized carbons (Fsp3) is 0.900. The van der Waals surface area contributed by atoms with Gasteiger partial charge in [0.2, 0.25) is 0 Å². The topological polar surface area (TPSA) is 32.8 Å². The molecule has 19 heavy (non-hydrogen) atoms. The number of rotatable bonds is 2. The Morgan fingerprint density at radius 3 is 2.00 bits per heavy atom. The minimum absolute atomic E-state index is 0. The Bertz CT molecular complexity index is 302. The molecule has 0 aromatic heterocycles. The van der Waals surface area contributed by atoms with Crippen LogP contribution in [-0.4, -0.2) is 61.1 Å². The van der Waals surface area contributed by atoms with E-state index in [0.717, 1.165) is 0 Å². The summed E-state index contributed by atoms with van der Waals surface area (Å²) < 4.78 is 41.9. The predicted molar refractivity (Wildman–Crippen MR) is 63.3 cm³/mol. The molecule has 0 aromatic rings. The molecule has 1 saturated heterocycles. The fourth-order valence-electron chi connectivity index (χ4n) is 1.73. The summed E-state index contributed by atoms with van der Waals surface area (Å²) >= 11 is 0. The van der Waals surface area contributed by atoms with E-state index in [-0.39, 0.29) is 77.6 Å². The summed E-state index contributed by atoms with van der Waals surface area (Å²) in [5.41, 5.74) is -0.580. The molecule has 1 amide bonds. The number of carbonyl (C=O) groups is 1. The van der Waals surface area contributed by atoms with Crippen molar-refractivity contribution in [2.24, 2.45) is 0 Å². The van der Waals surface area contributed by atoms with Gasteiger partial charge in [-0.05, 0) is 27.2 Å². The van der Waals surface area contributed by atoms with E-state index in [4.69, 9.17) is 4.74 Å². The van der Waals surface area contributed by atoms with Gasteiger partial charge in [-0.25, -0.2) is 4.79 Å². The van der Waals surface area contributed by atoms with E-state index in [1.165, 1.54) is 9.80 Å². The van der Waals surface area contributed by atoms with Crippen LogP contribution in [0.2, 0.25) is 0 Å². The summed E-state index contributed by atoms with van der Waals surface area (Å²) in [5.74, 6) is 0. The summed E-state index contributed by atoms with van der Waals surface area (Å²) in [7, 11) is 0. The number of hydrogen-bond acceptors (Lipinski definition) is 3. The quantitative estimate of drug-likeness (QED) is 0.609. The molecule has 4 nitrogen and oxygen atoms in total. The molecular formula is C10H19BF3KN2O2. The number of ether oxygens (including phenoxy) is 1. The first-order chi connectivity index (χ1) is 8.07. The van der Waals surface area contributed by atoms with Crippen molar-refractivity contribution in [3.05, 3.63) is 0 Å². The first-order valence-electron chi connectivity index (χ1n) is 5.98. The van der Waals surface area contributed by atoms with Gasteiger partial charge in [-0.2, -0.15) is 0 Å². The van der Waals surface area contributed by atoms with Gasteiger partial charge in [0, 0.05) is 26.2 Å². The third kappa shape index (κ3) is 8.57. The molecule has 106 valence electrons. The van der Waals surface area contributed by atoms with Crippen molar-refractivity contribution in [2.75, 3.05) is 32.6 Å². The Labute approximate surface area is 154 Å². The van der Waals surface area contributed by atoms with Crippen LogP contribution in [0.25, 0.3) is 0 Å². The first-order valence-corrected chi connectivity index (χ1v) is 5.98. The monoisotopic (exact) mass is 306 g/mol. The van der Waals surface area contributed by atoms with Gasteiger partial charge >= 0.3 is 64.5 Å². The molecular weight excluding hydrogens is 287 g/mol. The van der Waals surface area contributed by atoms with E-state index in [0.29, 0.717) is 0 Å². The van der Waals surface area contributed by atoms with E-state index < -0.39 is 25.1 Å². The van der Waals surface area contributed by atoms with Gasteiger partial charge in [-0.15, -0.1) is 0 Å². The zero-order chi connectivity index (χ0) is 14.0. The Kier molecular flexibility index (Phi) is 7.94. The van der Waals surface area contributed by atoms with E-state index in [9.17, 15) is 17.7 Å². The zero-order valence-corrected chi connectivity index (χ0v) is 15.1. The number of halogens is 3. The van der Waals surface area contributed by atoms with Crippen LogP contribution in [0.4, 0.5) is 17.7 Å². The van der Waals surface area contributed by atoms with Crippen molar-refractivity contribution < 1.29 is 73.9 Å². The largest absolute Gasteiger partial charge is 1.00 e. The molecule has 0 aliphatic carbocycles. The Morgan fingerprint density at radius 2 is 1.63 bits per heavy atom. The van der Waals surface area contributed by atoms with Crippen molar-refractivity contribution in [3.63, 3.8) is 0 Å². The number of carbonyl (C=O) groups excluding carboxylic acids is 1. The van der Waals surface area contributed by atoms with Crippen LogP contribution in [0.15, 0.2) is 0 Å². The molecule has 0 atom stereocenters. The summed E-state index contributed by atoms with van der Waals surface area (Å²) in [6, 6.07) is 0. The molecule has 1 aliphatic rings. The molecule has 1 heterocycles. The molecule has 1 rings (SSSR count).